The maximum Gasteiger partial charge on any atom is 0.327 e. The SMILES string of the molecule is Cc1cc(C)c(C[C@@H]2NC(=O)[C@H](CC(N)=O)NC(=O)[C@H](CCCCN)NC(=O)[C@@H](NC(=O)CNC(=O)[C@H](C)N)CSSC[C@@H](C(=O)O)NC(=O)[C@H](CO)NC(=O)[C@H]([C@@H](C)O)NC(=O)[C@H](Cc3ccccc3)NC(=O)[C@H]([C@@H](C)O)NC(=O)[C@H](CCCCN)NC(=O)[C@@H](Cc3c[nH]c4ccccc34)NC(=O)[C@H](Cc3ccccc3)NC2=O)c(C)c1. The van der Waals surface area contributed by atoms with Crippen molar-refractivity contribution in [1.82, 2.24) is 74.1 Å². The third kappa shape index (κ3) is 30.4. The first kappa shape index (κ1) is 95.8. The third-order valence-corrected chi connectivity index (χ3v) is 21.7. The number of carbonyl (C=O) groups is 15. The molecular formula is C79H110N18O19S2. The Balaban J connectivity index is 1.50. The number of amides is 14. The molecule has 15 atom stereocenters. The van der Waals surface area contributed by atoms with Gasteiger partial charge >= 0.3 is 5.97 Å². The van der Waals surface area contributed by atoms with Gasteiger partial charge in [0, 0.05) is 54.3 Å². The summed E-state index contributed by atoms with van der Waals surface area (Å²) in [6, 6.07) is 5.01. The summed E-state index contributed by atoms with van der Waals surface area (Å²) < 4.78 is 0. The van der Waals surface area contributed by atoms with Crippen LogP contribution >= 0.6 is 21.6 Å². The number of para-hydroxylation sites is 1. The van der Waals surface area contributed by atoms with E-state index in [1.54, 1.807) is 105 Å². The topological polar surface area (TPSA) is 613 Å². The molecule has 14 amide bonds. The van der Waals surface area contributed by atoms with Gasteiger partial charge in [0.25, 0.3) is 0 Å². The lowest BCUT2D eigenvalue weighted by Gasteiger charge is -2.29. The van der Waals surface area contributed by atoms with Crippen molar-refractivity contribution in [3.05, 3.63) is 142 Å². The van der Waals surface area contributed by atoms with E-state index in [1.807, 2.05) is 19.1 Å². The van der Waals surface area contributed by atoms with Gasteiger partial charge in [-0.15, -0.1) is 0 Å². The summed E-state index contributed by atoms with van der Waals surface area (Å²) in [6.45, 7) is 7.26. The fourth-order valence-corrected chi connectivity index (χ4v) is 15.2. The second-order valence-corrected chi connectivity index (χ2v) is 31.5. The number of aliphatic hydroxyl groups excluding tert-OH is 3. The van der Waals surface area contributed by atoms with E-state index in [0.29, 0.717) is 50.7 Å². The van der Waals surface area contributed by atoms with Crippen LogP contribution in [0.3, 0.4) is 0 Å². The number of carbonyl (C=O) groups excluding carboxylic acids is 14. The molecule has 0 bridgehead atoms. The summed E-state index contributed by atoms with van der Waals surface area (Å²) in [5.74, 6) is -17.7. The molecule has 0 aliphatic carbocycles. The first-order chi connectivity index (χ1) is 56.1. The van der Waals surface area contributed by atoms with Gasteiger partial charge in [-0.1, -0.05) is 118 Å². The van der Waals surface area contributed by atoms with Gasteiger partial charge in [-0.25, -0.2) is 4.79 Å². The number of rotatable bonds is 26. The zero-order valence-corrected chi connectivity index (χ0v) is 68.2. The largest absolute Gasteiger partial charge is 0.480 e. The molecule has 0 spiro atoms. The fourth-order valence-electron chi connectivity index (χ4n) is 12.8. The molecule has 0 radical (unpaired) electrons. The lowest BCUT2D eigenvalue weighted by molar-refractivity contribution is -0.142. The first-order valence-corrected chi connectivity index (χ1v) is 41.1. The average molecular weight is 1680 g/mol. The number of benzene rings is 4. The predicted octanol–water partition coefficient (Wildman–Crippen LogP) is -3.99. The lowest BCUT2D eigenvalue weighted by atomic mass is 9.93. The summed E-state index contributed by atoms with van der Waals surface area (Å²) in [7, 11) is 1.50. The van der Waals surface area contributed by atoms with E-state index in [4.69, 9.17) is 22.9 Å². The Hall–Kier alpha value is -11.1. The predicted molar refractivity (Wildman–Crippen MR) is 439 cm³/mol. The van der Waals surface area contributed by atoms with Crippen molar-refractivity contribution < 1.29 is 92.3 Å². The molecule has 26 N–H and O–H groups in total. The van der Waals surface area contributed by atoms with E-state index in [-0.39, 0.29) is 70.9 Å². The van der Waals surface area contributed by atoms with E-state index in [9.17, 15) is 73.2 Å². The molecule has 0 saturated carbocycles. The number of aliphatic carboxylic acids is 1. The van der Waals surface area contributed by atoms with Crippen molar-refractivity contribution in [2.24, 2.45) is 22.9 Å². The van der Waals surface area contributed by atoms with E-state index in [2.05, 4.69) is 74.1 Å². The van der Waals surface area contributed by atoms with Gasteiger partial charge in [0.2, 0.25) is 82.7 Å². The number of aryl methyl sites for hydroxylation is 3. The second-order valence-electron chi connectivity index (χ2n) is 29.0. The molecule has 1 fully saturated rings. The molecular weight excluding hydrogens is 1570 g/mol. The number of H-pyrrole nitrogens is 1. The number of hydrogen-bond donors (Lipinski definition) is 22. The highest BCUT2D eigenvalue weighted by Crippen LogP contribution is 2.25. The van der Waals surface area contributed by atoms with Crippen molar-refractivity contribution in [3.63, 3.8) is 0 Å². The van der Waals surface area contributed by atoms with Gasteiger partial charge in [0.05, 0.1) is 37.8 Å². The number of unbranched alkanes of at least 4 members (excludes halogenated alkanes) is 2. The van der Waals surface area contributed by atoms with Gasteiger partial charge in [-0.2, -0.15) is 0 Å². The molecule has 642 valence electrons. The number of nitrogens with one attached hydrogen (secondary N) is 14. The number of carboxylic acids is 1. The number of fused-ring (bicyclic) bond motifs is 1. The first-order valence-electron chi connectivity index (χ1n) is 38.6. The van der Waals surface area contributed by atoms with Crippen LogP contribution in [-0.2, 0) is 97.6 Å². The van der Waals surface area contributed by atoms with Crippen LogP contribution in [0.1, 0.15) is 105 Å². The molecule has 1 aliphatic rings. The lowest BCUT2D eigenvalue weighted by Crippen LogP contribution is -2.63. The normalized spacial score (nSPS) is 23.5. The van der Waals surface area contributed by atoms with Crippen LogP contribution in [0.5, 0.6) is 0 Å². The molecule has 4 aromatic carbocycles. The number of aliphatic hydroxyl groups is 3. The van der Waals surface area contributed by atoms with E-state index >= 15 is 19.2 Å². The Morgan fingerprint density at radius 2 is 0.915 bits per heavy atom. The Bertz CT molecular complexity index is 4290. The smallest absolute Gasteiger partial charge is 0.327 e. The van der Waals surface area contributed by atoms with E-state index < -0.39 is 210 Å². The Kier molecular flexibility index (Phi) is 38.9. The van der Waals surface area contributed by atoms with Crippen LogP contribution in [0.2, 0.25) is 0 Å². The van der Waals surface area contributed by atoms with Gasteiger partial charge in [0.1, 0.15) is 72.5 Å². The maximum atomic E-state index is 15.5. The summed E-state index contributed by atoms with van der Waals surface area (Å²) >= 11 is 0. The average Bonchev–Trinajstić information content (AvgIpc) is 0.950. The van der Waals surface area contributed by atoms with E-state index in [0.717, 1.165) is 41.0 Å². The summed E-state index contributed by atoms with van der Waals surface area (Å²) in [4.78, 5) is 218. The number of aromatic amines is 1. The fraction of sp³-hybridized carbons (Fsp3) is 0.481. The molecule has 1 aromatic heterocycles. The quantitative estimate of drug-likeness (QED) is 0.0185. The van der Waals surface area contributed by atoms with Crippen LogP contribution in [0.15, 0.2) is 103 Å². The van der Waals surface area contributed by atoms with Crippen LogP contribution < -0.4 is 92.1 Å². The minimum Gasteiger partial charge on any atom is -0.480 e. The van der Waals surface area contributed by atoms with Crippen LogP contribution in [-0.4, -0.2) is 243 Å². The highest BCUT2D eigenvalue weighted by Gasteiger charge is 2.40. The Morgan fingerprint density at radius 3 is 1.41 bits per heavy atom. The zero-order chi connectivity index (χ0) is 86.9. The second kappa shape index (κ2) is 48.0. The van der Waals surface area contributed by atoms with Crippen LogP contribution in [0.4, 0.5) is 0 Å². The standard InChI is InChI=1S/C79H110N18O19S2/c1-41-29-42(2)51(43(3)30-41)34-58-72(108)89-55(31-47-19-9-7-10-20-47)70(106)90-57(33-49-36-84-52-24-14-13-23-50(49)52)71(107)87-54(26-16-18-28-81)69(105)96-65(45(5)99)77(113)93-56(32-48-21-11-8-12-22-48)74(110)97-66(46(6)100)78(114)94-60(38-98)75(111)95-62(79(115)116)40-118-117-39-61(86-64(102)37-85-67(103)44(4)82)76(112)88-53(25-15-17-27-80)68(104)92-59(35-63(83)101)73(109)91-58/h7-14,19-24,29-30,36,44-46,53-62,65-66,84,98-100H,15-18,25-28,31-35,37-40,80-82H2,1-6H3,(H2,83,101)(H,85,103)(H,86,102)(H,87,107)(H,88,112)(H,89,108)(H,90,106)(H,91,109)(H,92,104)(H,93,113)(H,94,114)(H,95,111)(H,96,105)(H,97,110)(H,115,116)/t44-,45+,46+,53-,54-,55-,56-,57+,58-,59-,60-,61-,62-,65-,66-/m0/s1. The highest BCUT2D eigenvalue weighted by atomic mass is 33.1. The highest BCUT2D eigenvalue weighted by molar-refractivity contribution is 8.76. The molecule has 1 aliphatic heterocycles. The van der Waals surface area contributed by atoms with Crippen LogP contribution in [0.25, 0.3) is 10.9 Å². The Labute approximate surface area is 690 Å². The number of hydrogen-bond acceptors (Lipinski definition) is 23. The van der Waals surface area contributed by atoms with E-state index in [1.165, 1.54) is 6.92 Å². The van der Waals surface area contributed by atoms with Crippen molar-refractivity contribution in [2.75, 3.05) is 37.7 Å². The van der Waals surface area contributed by atoms with Gasteiger partial charge in [0.15, 0.2) is 0 Å². The maximum absolute atomic E-state index is 15.5. The van der Waals surface area contributed by atoms with Gasteiger partial charge in [-0.05, 0) is 133 Å². The third-order valence-electron chi connectivity index (χ3n) is 19.2. The summed E-state index contributed by atoms with van der Waals surface area (Å²) in [6.07, 6.45) is -3.48. The minimum atomic E-state index is -1.99. The molecule has 0 unspecified atom stereocenters. The number of nitrogens with two attached hydrogens (primary N) is 4. The molecule has 37 nitrogen and oxygen atoms in total. The monoisotopic (exact) mass is 1680 g/mol. The molecule has 1 saturated heterocycles. The molecule has 2 heterocycles. The van der Waals surface area contributed by atoms with Crippen LogP contribution in [0, 0.1) is 20.8 Å². The molecule has 6 rings (SSSR count). The van der Waals surface area contributed by atoms with Gasteiger partial charge < -0.3 is 117 Å². The van der Waals surface area contributed by atoms with Crippen molar-refractivity contribution >= 4 is 121 Å². The Morgan fingerprint density at radius 1 is 0.500 bits per heavy atom. The van der Waals surface area contributed by atoms with Crippen molar-refractivity contribution in [2.45, 2.75) is 203 Å². The summed E-state index contributed by atoms with van der Waals surface area (Å²) in [5.41, 5.74) is 28.0. The minimum absolute atomic E-state index is 0.102. The van der Waals surface area contributed by atoms with Crippen molar-refractivity contribution in [3.8, 4) is 0 Å². The zero-order valence-electron chi connectivity index (χ0n) is 66.5. The van der Waals surface area contributed by atoms with Crippen molar-refractivity contribution in [1.29, 1.82) is 0 Å². The molecule has 39 heteroatoms. The van der Waals surface area contributed by atoms with Gasteiger partial charge in [-0.3, -0.25) is 67.1 Å². The molecule has 118 heavy (non-hydrogen) atoms. The number of primary amides is 1. The molecule has 5 aromatic rings. The number of carboxylic acid groups (broad SMARTS) is 1. The number of aromatic nitrogens is 1. The summed E-state index contributed by atoms with van der Waals surface area (Å²) in [5, 5.41) is 76.4.